The van der Waals surface area contributed by atoms with E-state index in [1.165, 1.54) is 36.0 Å². The number of amides is 3. The quantitative estimate of drug-likeness (QED) is 0.299. The SMILES string of the molecule is NC(=O)OCC1=C(C(=O)O)N2C(=O)C(NC(=O)OCc3ccc([N+](=O)[O-])cc3)[C@@H]2SC1. The van der Waals surface area contributed by atoms with Crippen molar-refractivity contribution in [3.05, 3.63) is 51.2 Å². The molecule has 0 radical (unpaired) electrons. The van der Waals surface area contributed by atoms with Crippen LogP contribution in [0, 0.1) is 10.1 Å². The van der Waals surface area contributed by atoms with Gasteiger partial charge in [-0.3, -0.25) is 19.8 Å². The number of hydrogen-bond acceptors (Lipinski definition) is 9. The Kier molecular flexibility index (Phi) is 6.29. The number of alkyl carbamates (subject to hydrolysis) is 1. The van der Waals surface area contributed by atoms with Crippen molar-refractivity contribution in [2.75, 3.05) is 12.4 Å². The molecular weight excluding hydrogens is 436 g/mol. The second kappa shape index (κ2) is 8.91. The van der Waals surface area contributed by atoms with Crippen LogP contribution in [0.5, 0.6) is 0 Å². The van der Waals surface area contributed by atoms with Gasteiger partial charge in [0, 0.05) is 23.5 Å². The van der Waals surface area contributed by atoms with Gasteiger partial charge in [0.15, 0.2) is 0 Å². The molecule has 2 aliphatic heterocycles. The van der Waals surface area contributed by atoms with Crippen molar-refractivity contribution in [3.8, 4) is 0 Å². The number of carbonyl (C=O) groups excluding carboxylic acids is 3. The van der Waals surface area contributed by atoms with Crippen LogP contribution in [0.3, 0.4) is 0 Å². The number of thioether (sulfide) groups is 1. The van der Waals surface area contributed by atoms with Gasteiger partial charge in [-0.15, -0.1) is 11.8 Å². The number of rotatable bonds is 7. The maximum atomic E-state index is 12.5. The van der Waals surface area contributed by atoms with Crippen LogP contribution in [0.15, 0.2) is 35.5 Å². The minimum Gasteiger partial charge on any atom is -0.477 e. The van der Waals surface area contributed by atoms with Gasteiger partial charge in [-0.25, -0.2) is 14.4 Å². The topological polar surface area (TPSA) is 191 Å². The zero-order valence-corrected chi connectivity index (χ0v) is 16.5. The van der Waals surface area contributed by atoms with Gasteiger partial charge in [-0.2, -0.15) is 0 Å². The standard InChI is InChI=1S/C17H16N4O9S/c18-16(25)29-6-9-7-31-14-11(13(22)20(14)12(9)15(23)24)19-17(26)30-5-8-1-3-10(4-2-8)21(27)28/h1-4,11,14H,5-7H2,(H2,18,25)(H,19,26)(H,23,24)/t11?,14-/m0/s1. The summed E-state index contributed by atoms with van der Waals surface area (Å²) in [6.07, 6.45) is -1.98. The second-order valence-corrected chi connectivity index (χ2v) is 7.50. The molecule has 2 heterocycles. The van der Waals surface area contributed by atoms with Gasteiger partial charge in [0.25, 0.3) is 11.6 Å². The third-order valence-corrected chi connectivity index (χ3v) is 5.77. The first-order valence-electron chi connectivity index (χ1n) is 8.68. The third-order valence-electron chi connectivity index (χ3n) is 4.43. The van der Waals surface area contributed by atoms with Crippen LogP contribution in [0.1, 0.15) is 5.56 Å². The minimum absolute atomic E-state index is 0.106. The molecule has 13 nitrogen and oxygen atoms in total. The summed E-state index contributed by atoms with van der Waals surface area (Å²) in [7, 11) is 0. The number of nitrogens with zero attached hydrogens (tertiary/aromatic N) is 2. The molecule has 0 aliphatic carbocycles. The number of fused-ring (bicyclic) bond motifs is 1. The molecular formula is C17H16N4O9S. The van der Waals surface area contributed by atoms with E-state index >= 15 is 0 Å². The number of carbonyl (C=O) groups is 4. The Morgan fingerprint density at radius 2 is 1.94 bits per heavy atom. The molecule has 0 spiro atoms. The van der Waals surface area contributed by atoms with E-state index in [1.807, 2.05) is 0 Å². The molecule has 14 heteroatoms. The summed E-state index contributed by atoms with van der Waals surface area (Å²) in [5.74, 6) is -1.88. The van der Waals surface area contributed by atoms with E-state index in [2.05, 4.69) is 10.1 Å². The van der Waals surface area contributed by atoms with Crippen LogP contribution < -0.4 is 11.1 Å². The third kappa shape index (κ3) is 4.69. The molecule has 31 heavy (non-hydrogen) atoms. The van der Waals surface area contributed by atoms with Crippen LogP contribution in [-0.4, -0.2) is 62.8 Å². The fraction of sp³-hybridized carbons (Fsp3) is 0.294. The molecule has 0 aromatic heterocycles. The lowest BCUT2D eigenvalue weighted by atomic mass is 10.0. The first-order chi connectivity index (χ1) is 14.7. The average molecular weight is 452 g/mol. The second-order valence-electron chi connectivity index (χ2n) is 6.40. The van der Waals surface area contributed by atoms with E-state index in [0.717, 1.165) is 4.90 Å². The number of β-lactam (4-membered cyclic amide) rings is 1. The number of nitro benzene ring substituents is 1. The van der Waals surface area contributed by atoms with Crippen molar-refractivity contribution in [2.24, 2.45) is 5.73 Å². The van der Waals surface area contributed by atoms with E-state index in [1.54, 1.807) is 0 Å². The molecule has 0 saturated carbocycles. The summed E-state index contributed by atoms with van der Waals surface area (Å²) in [4.78, 5) is 58.0. The minimum atomic E-state index is -1.37. The lowest BCUT2D eigenvalue weighted by Crippen LogP contribution is -2.70. The Labute approximate surface area is 178 Å². The van der Waals surface area contributed by atoms with Crippen molar-refractivity contribution in [1.29, 1.82) is 0 Å². The molecule has 2 atom stereocenters. The maximum Gasteiger partial charge on any atom is 0.408 e. The van der Waals surface area contributed by atoms with E-state index in [0.29, 0.717) is 5.56 Å². The van der Waals surface area contributed by atoms with Crippen molar-refractivity contribution in [2.45, 2.75) is 18.0 Å². The average Bonchev–Trinajstić information content (AvgIpc) is 2.73. The zero-order valence-electron chi connectivity index (χ0n) is 15.7. The largest absolute Gasteiger partial charge is 0.477 e. The number of non-ortho nitro benzene ring substituents is 1. The van der Waals surface area contributed by atoms with Crippen molar-refractivity contribution < 1.29 is 38.7 Å². The number of nitro groups is 1. The van der Waals surface area contributed by atoms with Crippen molar-refractivity contribution in [1.82, 2.24) is 10.2 Å². The van der Waals surface area contributed by atoms with Crippen LogP contribution in [0.4, 0.5) is 15.3 Å². The molecule has 2 aliphatic rings. The number of benzene rings is 1. The summed E-state index contributed by atoms with van der Waals surface area (Å²) in [6, 6.07) is 4.39. The Morgan fingerprint density at radius 1 is 1.26 bits per heavy atom. The maximum absolute atomic E-state index is 12.5. The molecule has 3 rings (SSSR count). The summed E-state index contributed by atoms with van der Waals surface area (Å²) >= 11 is 1.18. The number of nitrogens with one attached hydrogen (secondary N) is 1. The van der Waals surface area contributed by atoms with Crippen LogP contribution in [-0.2, 0) is 25.7 Å². The Balaban J connectivity index is 1.59. The molecule has 4 N–H and O–H groups in total. The predicted molar refractivity (Wildman–Crippen MR) is 103 cm³/mol. The Hall–Kier alpha value is -3.81. The number of carboxylic acids is 1. The zero-order chi connectivity index (χ0) is 22.7. The van der Waals surface area contributed by atoms with E-state index in [9.17, 15) is 34.4 Å². The number of carboxylic acid groups (broad SMARTS) is 1. The molecule has 1 unspecified atom stereocenters. The first-order valence-corrected chi connectivity index (χ1v) is 9.72. The highest BCUT2D eigenvalue weighted by molar-refractivity contribution is 8.00. The van der Waals surface area contributed by atoms with Gasteiger partial charge in [0.1, 0.15) is 30.3 Å². The Bertz CT molecular complexity index is 978. The molecule has 1 saturated heterocycles. The highest BCUT2D eigenvalue weighted by Gasteiger charge is 2.54. The van der Waals surface area contributed by atoms with E-state index in [4.69, 9.17) is 10.5 Å². The number of aliphatic carboxylic acids is 1. The predicted octanol–water partition coefficient (Wildman–Crippen LogP) is 0.539. The van der Waals surface area contributed by atoms with Crippen LogP contribution in [0.25, 0.3) is 0 Å². The van der Waals surface area contributed by atoms with E-state index < -0.39 is 40.4 Å². The van der Waals surface area contributed by atoms with Gasteiger partial charge in [0.05, 0.1) is 4.92 Å². The number of ether oxygens (including phenoxy) is 2. The summed E-state index contributed by atoms with van der Waals surface area (Å²) in [6.45, 7) is -0.545. The molecule has 1 aromatic carbocycles. The van der Waals surface area contributed by atoms with Crippen molar-refractivity contribution >= 4 is 41.5 Å². The molecule has 3 amide bonds. The van der Waals surface area contributed by atoms with Gasteiger partial charge in [0.2, 0.25) is 0 Å². The highest BCUT2D eigenvalue weighted by atomic mass is 32.2. The van der Waals surface area contributed by atoms with Gasteiger partial charge in [-0.05, 0) is 17.7 Å². The Morgan fingerprint density at radius 3 is 2.52 bits per heavy atom. The van der Waals surface area contributed by atoms with Crippen LogP contribution >= 0.6 is 11.8 Å². The number of primary amides is 1. The smallest absolute Gasteiger partial charge is 0.408 e. The van der Waals surface area contributed by atoms with E-state index in [-0.39, 0.29) is 35.9 Å². The normalized spacial score (nSPS) is 19.7. The fourth-order valence-corrected chi connectivity index (χ4v) is 4.31. The molecule has 1 aromatic rings. The first kappa shape index (κ1) is 21.9. The summed E-state index contributed by atoms with van der Waals surface area (Å²) in [5.41, 5.74) is 5.19. The van der Waals surface area contributed by atoms with Gasteiger partial charge in [-0.1, -0.05) is 0 Å². The number of nitrogens with two attached hydrogens (primary N) is 1. The van der Waals surface area contributed by atoms with Gasteiger partial charge < -0.3 is 25.6 Å². The molecule has 1 fully saturated rings. The highest BCUT2D eigenvalue weighted by Crippen LogP contribution is 2.40. The lowest BCUT2D eigenvalue weighted by Gasteiger charge is -2.49. The number of hydrogen-bond donors (Lipinski definition) is 3. The van der Waals surface area contributed by atoms with Crippen molar-refractivity contribution in [3.63, 3.8) is 0 Å². The molecule has 0 bridgehead atoms. The van der Waals surface area contributed by atoms with Gasteiger partial charge >= 0.3 is 18.2 Å². The summed E-state index contributed by atoms with van der Waals surface area (Å²) < 4.78 is 9.65. The summed E-state index contributed by atoms with van der Waals surface area (Å²) in [5, 5.41) is 21.8. The lowest BCUT2D eigenvalue weighted by molar-refractivity contribution is -0.384. The fourth-order valence-electron chi connectivity index (χ4n) is 2.98. The molecule has 164 valence electrons. The monoisotopic (exact) mass is 452 g/mol. The van der Waals surface area contributed by atoms with Crippen LogP contribution in [0.2, 0.25) is 0 Å².